The van der Waals surface area contributed by atoms with Crippen molar-refractivity contribution in [3.8, 4) is 0 Å². The summed E-state index contributed by atoms with van der Waals surface area (Å²) in [6, 6.07) is 6.18. The molecule has 0 radical (unpaired) electrons. The van der Waals surface area contributed by atoms with E-state index in [4.69, 9.17) is 0 Å². The van der Waals surface area contributed by atoms with E-state index in [2.05, 4.69) is 28.4 Å². The molecule has 0 fully saturated rings. The van der Waals surface area contributed by atoms with E-state index in [0.717, 1.165) is 12.8 Å². The largest absolute Gasteiger partial charge is 0.306 e. The molecule has 0 unspecified atom stereocenters. The maximum Gasteiger partial charge on any atom is 0.0995 e. The summed E-state index contributed by atoms with van der Waals surface area (Å²) < 4.78 is 2.06. The Morgan fingerprint density at radius 3 is 3.17 bits per heavy atom. The maximum absolute atomic E-state index is 4.35. The van der Waals surface area contributed by atoms with Crippen molar-refractivity contribution in [3.05, 3.63) is 36.4 Å². The molecule has 2 rings (SSSR count). The van der Waals surface area contributed by atoms with Gasteiger partial charge >= 0.3 is 0 Å². The van der Waals surface area contributed by atoms with Crippen LogP contribution in [0.15, 0.2) is 30.7 Å². The van der Waals surface area contributed by atoms with Gasteiger partial charge in [-0.25, -0.2) is 4.98 Å². The molecule has 0 aliphatic rings. The summed E-state index contributed by atoms with van der Waals surface area (Å²) in [7, 11) is 0. The molecule has 0 N–H and O–H groups in total. The molecule has 2 heterocycles. The van der Waals surface area contributed by atoms with Crippen LogP contribution in [0.4, 0.5) is 0 Å². The number of hydrogen-bond donors (Lipinski definition) is 0. The summed E-state index contributed by atoms with van der Waals surface area (Å²) in [6.45, 7) is 2.17. The molecule has 62 valence electrons. The first-order chi connectivity index (χ1) is 5.92. The van der Waals surface area contributed by atoms with Crippen LogP contribution in [0, 0.1) is 0 Å². The van der Waals surface area contributed by atoms with Gasteiger partial charge < -0.3 is 4.40 Å². The highest BCUT2D eigenvalue weighted by Crippen LogP contribution is 2.10. The lowest BCUT2D eigenvalue weighted by Gasteiger charge is -1.94. The fourth-order valence-corrected chi connectivity index (χ4v) is 1.43. The van der Waals surface area contributed by atoms with Crippen LogP contribution in [-0.4, -0.2) is 9.38 Å². The Hall–Kier alpha value is -1.31. The Labute approximate surface area is 71.9 Å². The molecule has 2 nitrogen and oxygen atoms in total. The van der Waals surface area contributed by atoms with Crippen LogP contribution >= 0.6 is 0 Å². The van der Waals surface area contributed by atoms with E-state index in [-0.39, 0.29) is 0 Å². The molecular weight excluding hydrogens is 148 g/mol. The summed E-state index contributed by atoms with van der Waals surface area (Å²) in [5.74, 6) is 0. The lowest BCUT2D eigenvalue weighted by atomic mass is 10.2. The fraction of sp³-hybridized carbons (Fsp3) is 0.300. The zero-order valence-corrected chi connectivity index (χ0v) is 7.20. The molecule has 0 aliphatic heterocycles. The highest BCUT2D eigenvalue weighted by Gasteiger charge is 2.00. The van der Waals surface area contributed by atoms with Gasteiger partial charge in [0.1, 0.15) is 0 Å². The zero-order valence-electron chi connectivity index (χ0n) is 7.20. The van der Waals surface area contributed by atoms with E-state index in [9.17, 15) is 0 Å². The quantitative estimate of drug-likeness (QED) is 0.658. The van der Waals surface area contributed by atoms with Gasteiger partial charge in [0, 0.05) is 6.20 Å². The zero-order chi connectivity index (χ0) is 8.39. The highest BCUT2D eigenvalue weighted by molar-refractivity contribution is 5.51. The minimum atomic E-state index is 1.07. The Morgan fingerprint density at radius 1 is 1.42 bits per heavy atom. The molecule has 0 atom stereocenters. The number of imidazole rings is 1. The average Bonchev–Trinajstić information content (AvgIpc) is 2.50. The van der Waals surface area contributed by atoms with Crippen molar-refractivity contribution >= 4 is 5.52 Å². The lowest BCUT2D eigenvalue weighted by Crippen LogP contribution is -1.84. The summed E-state index contributed by atoms with van der Waals surface area (Å²) in [4.78, 5) is 4.35. The van der Waals surface area contributed by atoms with Crippen molar-refractivity contribution in [2.45, 2.75) is 19.8 Å². The van der Waals surface area contributed by atoms with Crippen LogP contribution in [0.5, 0.6) is 0 Å². The Balaban J connectivity index is 2.55. The first-order valence-electron chi connectivity index (χ1n) is 4.32. The Kier molecular flexibility index (Phi) is 1.82. The normalized spacial score (nSPS) is 10.8. The van der Waals surface area contributed by atoms with Gasteiger partial charge in [-0.1, -0.05) is 19.4 Å². The molecule has 0 saturated heterocycles. The first-order valence-corrected chi connectivity index (χ1v) is 4.32. The minimum absolute atomic E-state index is 1.07. The third kappa shape index (κ3) is 1.09. The third-order valence-corrected chi connectivity index (χ3v) is 2.01. The number of rotatable bonds is 2. The maximum atomic E-state index is 4.35. The van der Waals surface area contributed by atoms with Crippen LogP contribution in [0.25, 0.3) is 5.52 Å². The molecular formula is C10H12N2. The van der Waals surface area contributed by atoms with Crippen molar-refractivity contribution in [3.63, 3.8) is 0 Å². The van der Waals surface area contributed by atoms with Crippen LogP contribution < -0.4 is 0 Å². The molecule has 0 amide bonds. The molecule has 0 bridgehead atoms. The number of pyridine rings is 1. The molecule has 0 saturated carbocycles. The summed E-state index contributed by atoms with van der Waals surface area (Å²) in [6.07, 6.45) is 6.13. The van der Waals surface area contributed by atoms with Crippen molar-refractivity contribution in [1.82, 2.24) is 9.38 Å². The second-order valence-electron chi connectivity index (χ2n) is 2.93. The summed E-state index contributed by atoms with van der Waals surface area (Å²) in [5.41, 5.74) is 2.44. The van der Waals surface area contributed by atoms with E-state index in [1.165, 1.54) is 11.2 Å². The van der Waals surface area contributed by atoms with Gasteiger partial charge in [-0.15, -0.1) is 0 Å². The predicted molar refractivity (Wildman–Crippen MR) is 49.2 cm³/mol. The lowest BCUT2D eigenvalue weighted by molar-refractivity contribution is 0.899. The number of aromatic nitrogens is 2. The molecule has 2 aromatic heterocycles. The molecule has 0 aliphatic carbocycles. The van der Waals surface area contributed by atoms with E-state index in [0.29, 0.717) is 0 Å². The van der Waals surface area contributed by atoms with Gasteiger partial charge in [0.25, 0.3) is 0 Å². The Bertz CT molecular complexity index is 376. The topological polar surface area (TPSA) is 17.3 Å². The van der Waals surface area contributed by atoms with Gasteiger partial charge in [-0.05, 0) is 18.6 Å². The van der Waals surface area contributed by atoms with Crippen molar-refractivity contribution in [2.24, 2.45) is 0 Å². The van der Waals surface area contributed by atoms with Crippen LogP contribution in [0.3, 0.4) is 0 Å². The van der Waals surface area contributed by atoms with Gasteiger partial charge in [-0.3, -0.25) is 0 Å². The van der Waals surface area contributed by atoms with Gasteiger partial charge in [0.05, 0.1) is 17.5 Å². The summed E-state index contributed by atoms with van der Waals surface area (Å²) >= 11 is 0. The standard InChI is InChI=1S/C10H12N2/c1-2-5-9-10-6-3-4-7-12(10)8-11-9/h3-4,6-8H,2,5H2,1H3. The van der Waals surface area contributed by atoms with Crippen molar-refractivity contribution in [2.75, 3.05) is 0 Å². The highest BCUT2D eigenvalue weighted by atomic mass is 15.0. The van der Waals surface area contributed by atoms with Gasteiger partial charge in [0.2, 0.25) is 0 Å². The molecule has 12 heavy (non-hydrogen) atoms. The smallest absolute Gasteiger partial charge is 0.0995 e. The number of aryl methyl sites for hydroxylation is 1. The van der Waals surface area contributed by atoms with Gasteiger partial charge in [-0.2, -0.15) is 0 Å². The molecule has 2 aromatic rings. The van der Waals surface area contributed by atoms with E-state index in [1.807, 2.05) is 18.6 Å². The van der Waals surface area contributed by atoms with Crippen LogP contribution in [0.1, 0.15) is 19.0 Å². The Morgan fingerprint density at radius 2 is 2.33 bits per heavy atom. The van der Waals surface area contributed by atoms with Crippen molar-refractivity contribution < 1.29 is 0 Å². The first kappa shape index (κ1) is 7.35. The van der Waals surface area contributed by atoms with Gasteiger partial charge in [0.15, 0.2) is 0 Å². The molecule has 2 heteroatoms. The molecule has 0 spiro atoms. The van der Waals surface area contributed by atoms with Crippen molar-refractivity contribution in [1.29, 1.82) is 0 Å². The monoisotopic (exact) mass is 160 g/mol. The van der Waals surface area contributed by atoms with Crippen LogP contribution in [-0.2, 0) is 6.42 Å². The van der Waals surface area contributed by atoms with E-state index in [1.54, 1.807) is 0 Å². The predicted octanol–water partition coefficient (Wildman–Crippen LogP) is 2.29. The fourth-order valence-electron chi connectivity index (χ4n) is 1.43. The number of hydrogen-bond acceptors (Lipinski definition) is 1. The number of fused-ring (bicyclic) bond motifs is 1. The second kappa shape index (κ2) is 2.97. The van der Waals surface area contributed by atoms with Crippen LogP contribution in [0.2, 0.25) is 0 Å². The SMILES string of the molecule is CCCc1ncn2ccccc12. The second-order valence-corrected chi connectivity index (χ2v) is 2.93. The molecule has 0 aromatic carbocycles. The van der Waals surface area contributed by atoms with E-state index >= 15 is 0 Å². The summed E-state index contributed by atoms with van der Waals surface area (Å²) in [5, 5.41) is 0. The van der Waals surface area contributed by atoms with E-state index < -0.39 is 0 Å². The number of nitrogens with zero attached hydrogens (tertiary/aromatic N) is 2. The minimum Gasteiger partial charge on any atom is -0.306 e. The third-order valence-electron chi connectivity index (χ3n) is 2.01. The average molecular weight is 160 g/mol.